The number of anilines is 1. The van der Waals surface area contributed by atoms with Crippen molar-refractivity contribution in [2.45, 2.75) is 55.4 Å². The minimum absolute atomic E-state index is 0.0932. The van der Waals surface area contributed by atoms with Gasteiger partial charge < -0.3 is 4.57 Å². The topological polar surface area (TPSA) is 85.6 Å². The molecule has 7 nitrogen and oxygen atoms in total. The van der Waals surface area contributed by atoms with Crippen molar-refractivity contribution < 1.29 is 4.79 Å². The largest absolute Gasteiger partial charge is 0.312 e. The fraction of sp³-hybridized carbons (Fsp3) is 0.643. The maximum atomic E-state index is 12.3. The molecule has 0 radical (unpaired) electrons. The highest BCUT2D eigenvalue weighted by molar-refractivity contribution is 8.00. The molecular formula is C14H20N6OS2. The Morgan fingerprint density at radius 3 is 2.83 bits per heavy atom. The summed E-state index contributed by atoms with van der Waals surface area (Å²) >= 11 is 2.87. The SMILES string of the molecule is C[C@H](Sc1nncn1C)C(=O)Nc1nnc(C2CCCCC2)s1. The van der Waals surface area contributed by atoms with Crippen molar-refractivity contribution in [3.63, 3.8) is 0 Å². The number of carbonyl (C=O) groups is 1. The predicted octanol–water partition coefficient (Wildman–Crippen LogP) is 2.83. The molecule has 2 aromatic heterocycles. The van der Waals surface area contributed by atoms with Gasteiger partial charge in [0.25, 0.3) is 0 Å². The molecule has 124 valence electrons. The van der Waals surface area contributed by atoms with E-state index in [1.165, 1.54) is 55.2 Å². The summed E-state index contributed by atoms with van der Waals surface area (Å²) in [5.41, 5.74) is 0. The van der Waals surface area contributed by atoms with Gasteiger partial charge in [0.1, 0.15) is 11.3 Å². The van der Waals surface area contributed by atoms with Crippen molar-refractivity contribution in [1.82, 2.24) is 25.0 Å². The maximum Gasteiger partial charge on any atom is 0.239 e. The van der Waals surface area contributed by atoms with Crippen molar-refractivity contribution in [1.29, 1.82) is 0 Å². The van der Waals surface area contributed by atoms with E-state index in [1.807, 2.05) is 14.0 Å². The first-order valence-corrected chi connectivity index (χ1v) is 9.48. The highest BCUT2D eigenvalue weighted by Gasteiger charge is 2.22. The minimum atomic E-state index is -0.278. The zero-order valence-corrected chi connectivity index (χ0v) is 14.9. The van der Waals surface area contributed by atoms with Gasteiger partial charge >= 0.3 is 0 Å². The average Bonchev–Trinajstić information content (AvgIpc) is 3.18. The minimum Gasteiger partial charge on any atom is -0.312 e. The van der Waals surface area contributed by atoms with Crippen LogP contribution < -0.4 is 5.32 Å². The first kappa shape index (κ1) is 16.4. The number of nitrogens with zero attached hydrogens (tertiary/aromatic N) is 5. The van der Waals surface area contributed by atoms with Crippen LogP contribution >= 0.6 is 23.1 Å². The van der Waals surface area contributed by atoms with Gasteiger partial charge in [-0.25, -0.2) is 0 Å². The van der Waals surface area contributed by atoms with Crippen LogP contribution in [0, 0.1) is 0 Å². The van der Waals surface area contributed by atoms with Crippen LogP contribution in [0.5, 0.6) is 0 Å². The molecule has 1 N–H and O–H groups in total. The van der Waals surface area contributed by atoms with E-state index in [2.05, 4.69) is 25.7 Å². The Morgan fingerprint density at radius 1 is 1.35 bits per heavy atom. The third-order valence-electron chi connectivity index (χ3n) is 3.95. The predicted molar refractivity (Wildman–Crippen MR) is 90.7 cm³/mol. The molecule has 1 aliphatic rings. The van der Waals surface area contributed by atoms with Crippen LogP contribution in [0.25, 0.3) is 0 Å². The molecule has 2 heterocycles. The van der Waals surface area contributed by atoms with Crippen LogP contribution in [-0.4, -0.2) is 36.1 Å². The summed E-state index contributed by atoms with van der Waals surface area (Å²) in [6.45, 7) is 1.85. The van der Waals surface area contributed by atoms with Gasteiger partial charge in [0, 0.05) is 13.0 Å². The van der Waals surface area contributed by atoms with E-state index in [4.69, 9.17) is 0 Å². The fourth-order valence-corrected chi connectivity index (χ4v) is 4.30. The number of rotatable bonds is 5. The van der Waals surface area contributed by atoms with E-state index in [0.717, 1.165) is 5.01 Å². The first-order valence-electron chi connectivity index (χ1n) is 7.78. The summed E-state index contributed by atoms with van der Waals surface area (Å²) in [6, 6.07) is 0. The summed E-state index contributed by atoms with van der Waals surface area (Å²) in [4.78, 5) is 12.3. The molecule has 0 aliphatic heterocycles. The zero-order chi connectivity index (χ0) is 16.2. The van der Waals surface area contributed by atoms with Crippen LogP contribution in [0.1, 0.15) is 50.0 Å². The van der Waals surface area contributed by atoms with Crippen molar-refractivity contribution in [2.75, 3.05) is 5.32 Å². The zero-order valence-electron chi connectivity index (χ0n) is 13.2. The maximum absolute atomic E-state index is 12.3. The molecule has 9 heteroatoms. The van der Waals surface area contributed by atoms with Gasteiger partial charge in [-0.2, -0.15) is 0 Å². The normalized spacial score (nSPS) is 17.1. The number of aromatic nitrogens is 5. The van der Waals surface area contributed by atoms with Crippen LogP contribution in [0.2, 0.25) is 0 Å². The average molecular weight is 352 g/mol. The summed E-state index contributed by atoms with van der Waals surface area (Å²) in [6.07, 6.45) is 7.82. The standard InChI is InChI=1S/C14H20N6OS2/c1-9(22-14-19-15-8-20(14)2)11(21)16-13-18-17-12(23-13)10-6-4-3-5-7-10/h8-10H,3-7H2,1-2H3,(H,16,18,21)/t9-/m0/s1. The van der Waals surface area contributed by atoms with E-state index in [-0.39, 0.29) is 11.2 Å². The lowest BCUT2D eigenvalue weighted by atomic mass is 9.90. The quantitative estimate of drug-likeness (QED) is 0.833. The molecule has 0 spiro atoms. The summed E-state index contributed by atoms with van der Waals surface area (Å²) in [5.74, 6) is 0.418. The van der Waals surface area contributed by atoms with Crippen LogP contribution in [0.3, 0.4) is 0 Å². The molecule has 1 atom stereocenters. The lowest BCUT2D eigenvalue weighted by molar-refractivity contribution is -0.115. The van der Waals surface area contributed by atoms with Crippen LogP contribution in [0.4, 0.5) is 5.13 Å². The second-order valence-corrected chi connectivity index (χ2v) is 8.07. The van der Waals surface area contributed by atoms with E-state index < -0.39 is 0 Å². The van der Waals surface area contributed by atoms with Gasteiger partial charge in [-0.1, -0.05) is 42.4 Å². The fourth-order valence-electron chi connectivity index (χ4n) is 2.60. The first-order chi connectivity index (χ1) is 11.1. The lowest BCUT2D eigenvalue weighted by Gasteiger charge is -2.18. The van der Waals surface area contributed by atoms with Crippen LogP contribution in [0.15, 0.2) is 11.5 Å². The Labute approximate surface area is 143 Å². The molecular weight excluding hydrogens is 332 g/mol. The Hall–Kier alpha value is -1.48. The Bertz CT molecular complexity index is 664. The molecule has 0 saturated heterocycles. The summed E-state index contributed by atoms with van der Waals surface area (Å²) < 4.78 is 1.79. The van der Waals surface area contributed by atoms with Gasteiger partial charge in [0.2, 0.25) is 11.0 Å². The number of amides is 1. The number of hydrogen-bond acceptors (Lipinski definition) is 7. The highest BCUT2D eigenvalue weighted by Crippen LogP contribution is 2.35. The Balaban J connectivity index is 1.57. The molecule has 0 unspecified atom stereocenters. The second kappa shape index (κ2) is 7.39. The second-order valence-electron chi connectivity index (χ2n) is 5.75. The highest BCUT2D eigenvalue weighted by atomic mass is 32.2. The van der Waals surface area contributed by atoms with E-state index >= 15 is 0 Å². The molecule has 0 bridgehead atoms. The number of carbonyl (C=O) groups excluding carboxylic acids is 1. The van der Waals surface area contributed by atoms with Gasteiger partial charge in [0.15, 0.2) is 5.16 Å². The monoisotopic (exact) mass is 352 g/mol. The molecule has 0 aromatic carbocycles. The van der Waals surface area contributed by atoms with E-state index in [9.17, 15) is 4.79 Å². The van der Waals surface area contributed by atoms with Gasteiger partial charge in [0.05, 0.1) is 5.25 Å². The molecule has 2 aromatic rings. The Morgan fingerprint density at radius 2 is 2.13 bits per heavy atom. The number of nitrogens with one attached hydrogen (secondary N) is 1. The molecule has 3 rings (SSSR count). The van der Waals surface area contributed by atoms with Crippen molar-refractivity contribution in [3.05, 3.63) is 11.3 Å². The molecule has 23 heavy (non-hydrogen) atoms. The van der Waals surface area contributed by atoms with Crippen LogP contribution in [-0.2, 0) is 11.8 Å². The summed E-state index contributed by atoms with van der Waals surface area (Å²) in [5, 5.41) is 21.1. The lowest BCUT2D eigenvalue weighted by Crippen LogP contribution is -2.22. The van der Waals surface area contributed by atoms with E-state index in [1.54, 1.807) is 10.9 Å². The molecule has 1 amide bonds. The summed E-state index contributed by atoms with van der Waals surface area (Å²) in [7, 11) is 1.86. The third-order valence-corrected chi connectivity index (χ3v) is 6.10. The number of aryl methyl sites for hydroxylation is 1. The smallest absolute Gasteiger partial charge is 0.239 e. The van der Waals surface area contributed by atoms with Crippen molar-refractivity contribution >= 4 is 34.1 Å². The molecule has 1 fully saturated rings. The van der Waals surface area contributed by atoms with Gasteiger partial charge in [-0.3, -0.25) is 10.1 Å². The Kier molecular flexibility index (Phi) is 5.27. The van der Waals surface area contributed by atoms with E-state index in [0.29, 0.717) is 16.2 Å². The number of hydrogen-bond donors (Lipinski definition) is 1. The number of thioether (sulfide) groups is 1. The van der Waals surface area contributed by atoms with Gasteiger partial charge in [-0.05, 0) is 19.8 Å². The molecule has 1 aliphatic carbocycles. The van der Waals surface area contributed by atoms with Gasteiger partial charge in [-0.15, -0.1) is 20.4 Å². The third kappa shape index (κ3) is 4.08. The van der Waals surface area contributed by atoms with Crippen molar-refractivity contribution in [3.8, 4) is 0 Å². The molecule has 1 saturated carbocycles. The van der Waals surface area contributed by atoms with Crippen molar-refractivity contribution in [2.24, 2.45) is 7.05 Å².